The summed E-state index contributed by atoms with van der Waals surface area (Å²) in [5.74, 6) is 0.757. The van der Waals surface area contributed by atoms with Crippen molar-refractivity contribution in [3.63, 3.8) is 0 Å². The van der Waals surface area contributed by atoms with Crippen molar-refractivity contribution in [3.8, 4) is 0 Å². The summed E-state index contributed by atoms with van der Waals surface area (Å²) in [5.41, 5.74) is 0.726. The molecule has 144 valence electrons. The zero-order valence-corrected chi connectivity index (χ0v) is 16.3. The molecule has 3 amide bonds. The van der Waals surface area contributed by atoms with Crippen LogP contribution < -0.4 is 16.0 Å². The summed E-state index contributed by atoms with van der Waals surface area (Å²) in [6.45, 7) is 2.65. The molecule has 0 saturated carbocycles. The fraction of sp³-hybridized carbons (Fsp3) is 0.400. The molecule has 1 aliphatic rings. The fourth-order valence-corrected chi connectivity index (χ4v) is 4.11. The van der Waals surface area contributed by atoms with Gasteiger partial charge in [-0.2, -0.15) is 0 Å². The highest BCUT2D eigenvalue weighted by Crippen LogP contribution is 2.26. The van der Waals surface area contributed by atoms with Crippen LogP contribution in [0.4, 0.5) is 15.5 Å². The Balaban J connectivity index is 1.50. The number of urea groups is 1. The van der Waals surface area contributed by atoms with E-state index in [1.807, 2.05) is 42.3 Å². The Morgan fingerprint density at radius 3 is 2.52 bits per heavy atom. The normalized spacial score (nSPS) is 14.8. The van der Waals surface area contributed by atoms with Gasteiger partial charge in [0.1, 0.15) is 0 Å². The molecule has 3 rings (SSSR count). The number of hydrogen-bond acceptors (Lipinski definition) is 4. The summed E-state index contributed by atoms with van der Waals surface area (Å²) < 4.78 is 0. The summed E-state index contributed by atoms with van der Waals surface area (Å²) in [6, 6.07) is 12.5. The molecule has 1 fully saturated rings. The van der Waals surface area contributed by atoms with E-state index in [0.717, 1.165) is 38.2 Å². The highest BCUT2D eigenvalue weighted by molar-refractivity contribution is 7.18. The third-order valence-electron chi connectivity index (χ3n) is 4.79. The van der Waals surface area contributed by atoms with Crippen molar-refractivity contribution in [2.24, 2.45) is 5.92 Å². The number of carbonyl (C=O) groups excluding carboxylic acids is 2. The molecule has 0 atom stereocenters. The smallest absolute Gasteiger partial charge is 0.324 e. The standard InChI is InChI=1S/C20H26N4O2S/c1-21-12-9-15-10-13-24(14-11-15)19(25)17-7-8-18(27-17)23-20(26)22-16-5-3-2-4-6-16/h2-8,15,21H,9-14H2,1H3,(H2,22,23,26). The van der Waals surface area contributed by atoms with Crippen LogP contribution in [-0.2, 0) is 0 Å². The maximum absolute atomic E-state index is 12.7. The lowest BCUT2D eigenvalue weighted by Gasteiger charge is -2.31. The number of nitrogens with zero attached hydrogens (tertiary/aromatic N) is 1. The van der Waals surface area contributed by atoms with Crippen molar-refractivity contribution < 1.29 is 9.59 Å². The van der Waals surface area contributed by atoms with Crippen molar-refractivity contribution in [2.45, 2.75) is 19.3 Å². The second-order valence-corrected chi connectivity index (χ2v) is 7.82. The summed E-state index contributed by atoms with van der Waals surface area (Å²) in [6.07, 6.45) is 3.29. The van der Waals surface area contributed by atoms with Gasteiger partial charge in [0.05, 0.1) is 9.88 Å². The van der Waals surface area contributed by atoms with E-state index in [9.17, 15) is 9.59 Å². The molecule has 0 unspecified atom stereocenters. The average molecular weight is 387 g/mol. The molecular formula is C20H26N4O2S. The monoisotopic (exact) mass is 386 g/mol. The first kappa shape index (κ1) is 19.4. The van der Waals surface area contributed by atoms with E-state index < -0.39 is 0 Å². The van der Waals surface area contributed by atoms with E-state index in [4.69, 9.17) is 0 Å². The predicted octanol–water partition coefficient (Wildman–Crippen LogP) is 3.85. The summed E-state index contributed by atoms with van der Waals surface area (Å²) >= 11 is 1.32. The molecule has 1 aromatic carbocycles. The fourth-order valence-electron chi connectivity index (χ4n) is 3.24. The molecular weight excluding hydrogens is 360 g/mol. The number of thiophene rings is 1. The molecule has 1 aromatic heterocycles. The predicted molar refractivity (Wildman–Crippen MR) is 111 cm³/mol. The third kappa shape index (κ3) is 5.55. The summed E-state index contributed by atoms with van der Waals surface area (Å²) in [5, 5.41) is 9.41. The van der Waals surface area contributed by atoms with Crippen molar-refractivity contribution in [1.82, 2.24) is 10.2 Å². The Kier molecular flexibility index (Phi) is 6.84. The van der Waals surface area contributed by atoms with Gasteiger partial charge in [-0.15, -0.1) is 11.3 Å². The second-order valence-electron chi connectivity index (χ2n) is 6.74. The van der Waals surface area contributed by atoms with Crippen molar-refractivity contribution in [3.05, 3.63) is 47.3 Å². The molecule has 2 heterocycles. The van der Waals surface area contributed by atoms with Crippen LogP contribution in [0.1, 0.15) is 28.9 Å². The van der Waals surface area contributed by atoms with Gasteiger partial charge in [0, 0.05) is 18.8 Å². The van der Waals surface area contributed by atoms with Gasteiger partial charge in [-0.1, -0.05) is 18.2 Å². The van der Waals surface area contributed by atoms with Crippen LogP contribution in [0.5, 0.6) is 0 Å². The number of benzene rings is 1. The Hall–Kier alpha value is -2.38. The molecule has 2 aromatic rings. The molecule has 6 nitrogen and oxygen atoms in total. The van der Waals surface area contributed by atoms with Crippen LogP contribution >= 0.6 is 11.3 Å². The first-order valence-corrected chi connectivity index (χ1v) is 10.1. The van der Waals surface area contributed by atoms with Crippen LogP contribution in [0.3, 0.4) is 0 Å². The number of amides is 3. The van der Waals surface area contributed by atoms with Gasteiger partial charge >= 0.3 is 6.03 Å². The topological polar surface area (TPSA) is 73.5 Å². The lowest BCUT2D eigenvalue weighted by Crippen LogP contribution is -2.38. The molecule has 0 aliphatic carbocycles. The van der Waals surface area contributed by atoms with Crippen LogP contribution in [-0.4, -0.2) is 43.5 Å². The van der Waals surface area contributed by atoms with Gasteiger partial charge in [-0.05, 0) is 63.0 Å². The van der Waals surface area contributed by atoms with Gasteiger partial charge in [0.15, 0.2) is 0 Å². The van der Waals surface area contributed by atoms with E-state index in [-0.39, 0.29) is 11.9 Å². The summed E-state index contributed by atoms with van der Waals surface area (Å²) in [7, 11) is 1.97. The highest BCUT2D eigenvalue weighted by atomic mass is 32.1. The van der Waals surface area contributed by atoms with E-state index >= 15 is 0 Å². The largest absolute Gasteiger partial charge is 0.338 e. The molecule has 1 aliphatic heterocycles. The molecule has 7 heteroatoms. The SMILES string of the molecule is CNCCC1CCN(C(=O)c2ccc(NC(=O)Nc3ccccc3)s2)CC1. The minimum absolute atomic E-state index is 0.0589. The van der Waals surface area contributed by atoms with E-state index in [1.54, 1.807) is 12.1 Å². The zero-order valence-electron chi connectivity index (χ0n) is 15.5. The molecule has 0 bridgehead atoms. The van der Waals surface area contributed by atoms with E-state index in [0.29, 0.717) is 15.8 Å². The number of piperidine rings is 1. The zero-order chi connectivity index (χ0) is 19.1. The third-order valence-corrected chi connectivity index (χ3v) is 5.78. The summed E-state index contributed by atoms with van der Waals surface area (Å²) in [4.78, 5) is 27.4. The minimum Gasteiger partial charge on any atom is -0.338 e. The number of para-hydroxylation sites is 1. The lowest BCUT2D eigenvalue weighted by atomic mass is 9.93. The van der Waals surface area contributed by atoms with Crippen molar-refractivity contribution >= 4 is 34.0 Å². The molecule has 1 saturated heterocycles. The van der Waals surface area contributed by atoms with Crippen LogP contribution in [0.15, 0.2) is 42.5 Å². The molecule has 3 N–H and O–H groups in total. The van der Waals surface area contributed by atoms with Gasteiger partial charge in [-0.25, -0.2) is 4.79 Å². The van der Waals surface area contributed by atoms with Crippen LogP contribution in [0.25, 0.3) is 0 Å². The Bertz CT molecular complexity index is 754. The van der Waals surface area contributed by atoms with Crippen molar-refractivity contribution in [2.75, 3.05) is 37.3 Å². The Labute approximate surface area is 164 Å². The minimum atomic E-state index is -0.313. The van der Waals surface area contributed by atoms with Gasteiger partial charge < -0.3 is 15.5 Å². The quantitative estimate of drug-likeness (QED) is 0.706. The maximum Gasteiger partial charge on any atom is 0.324 e. The highest BCUT2D eigenvalue weighted by Gasteiger charge is 2.24. The number of hydrogen-bond donors (Lipinski definition) is 3. The molecule has 0 spiro atoms. The molecule has 27 heavy (non-hydrogen) atoms. The van der Waals surface area contributed by atoms with Crippen molar-refractivity contribution in [1.29, 1.82) is 0 Å². The average Bonchev–Trinajstić information content (AvgIpc) is 3.15. The first-order valence-electron chi connectivity index (χ1n) is 9.32. The lowest BCUT2D eigenvalue weighted by molar-refractivity contribution is 0.0692. The van der Waals surface area contributed by atoms with Crippen LogP contribution in [0.2, 0.25) is 0 Å². The Morgan fingerprint density at radius 2 is 1.81 bits per heavy atom. The van der Waals surface area contributed by atoms with Crippen LogP contribution in [0, 0.1) is 5.92 Å². The Morgan fingerprint density at radius 1 is 1.07 bits per heavy atom. The number of nitrogens with one attached hydrogen (secondary N) is 3. The second kappa shape index (κ2) is 9.53. The number of anilines is 2. The number of carbonyl (C=O) groups is 2. The first-order chi connectivity index (χ1) is 13.2. The van der Waals surface area contributed by atoms with Gasteiger partial charge in [0.25, 0.3) is 5.91 Å². The molecule has 0 radical (unpaired) electrons. The van der Waals surface area contributed by atoms with Gasteiger partial charge in [0.2, 0.25) is 0 Å². The maximum atomic E-state index is 12.7. The van der Waals surface area contributed by atoms with E-state index in [1.165, 1.54) is 17.8 Å². The number of likely N-dealkylation sites (tertiary alicyclic amines) is 1. The van der Waals surface area contributed by atoms with E-state index in [2.05, 4.69) is 16.0 Å². The van der Waals surface area contributed by atoms with Gasteiger partial charge in [-0.3, -0.25) is 10.1 Å². The number of rotatable bonds is 6.